The Labute approximate surface area is 160 Å². The highest BCUT2D eigenvalue weighted by Gasteiger charge is 2.39. The summed E-state index contributed by atoms with van der Waals surface area (Å²) >= 11 is 0. The second-order valence-electron chi connectivity index (χ2n) is 7.11. The highest BCUT2D eigenvalue weighted by molar-refractivity contribution is 5.85. The molecule has 2 nitrogen and oxygen atoms in total. The van der Waals surface area contributed by atoms with Crippen LogP contribution in [-0.2, 0) is 12.4 Å². The molecule has 0 aromatic heterocycles. The predicted octanol–water partition coefficient (Wildman–Crippen LogP) is 5.28. The van der Waals surface area contributed by atoms with Gasteiger partial charge in [0.25, 0.3) is 0 Å². The number of nitrogens with zero attached hydrogens (tertiary/aromatic N) is 1. The van der Waals surface area contributed by atoms with E-state index in [4.69, 9.17) is 0 Å². The zero-order valence-electron chi connectivity index (χ0n) is 14.7. The molecule has 1 saturated heterocycles. The average Bonchev–Trinajstić information content (AvgIpc) is 3.08. The lowest BCUT2D eigenvalue weighted by Gasteiger charge is -2.39. The van der Waals surface area contributed by atoms with E-state index in [1.165, 1.54) is 0 Å². The maximum atomic E-state index is 13.2. The van der Waals surface area contributed by atoms with Crippen molar-refractivity contribution < 1.29 is 26.3 Å². The molecule has 27 heavy (non-hydrogen) atoms. The van der Waals surface area contributed by atoms with Gasteiger partial charge in [-0.05, 0) is 42.5 Å². The first-order valence-corrected chi connectivity index (χ1v) is 8.90. The van der Waals surface area contributed by atoms with E-state index < -0.39 is 29.5 Å². The Morgan fingerprint density at radius 2 is 1.33 bits per heavy atom. The van der Waals surface area contributed by atoms with E-state index in [0.717, 1.165) is 37.8 Å². The molecule has 1 aromatic carbocycles. The monoisotopic (exact) mass is 416 g/mol. The molecule has 1 atom stereocenters. The summed E-state index contributed by atoms with van der Waals surface area (Å²) < 4.78 is 79.4. The van der Waals surface area contributed by atoms with Crippen molar-refractivity contribution in [3.05, 3.63) is 34.9 Å². The quantitative estimate of drug-likeness (QED) is 0.674. The molecule has 0 unspecified atom stereocenters. The van der Waals surface area contributed by atoms with Crippen LogP contribution < -0.4 is 5.32 Å². The Balaban J connectivity index is 0.00000261. The molecular weight excluding hydrogens is 394 g/mol. The highest BCUT2D eigenvalue weighted by Crippen LogP contribution is 2.43. The van der Waals surface area contributed by atoms with Gasteiger partial charge in [0.05, 0.1) is 11.1 Å². The van der Waals surface area contributed by atoms with Crippen molar-refractivity contribution in [3.8, 4) is 0 Å². The summed E-state index contributed by atoms with van der Waals surface area (Å²) in [5.41, 5.74) is -2.30. The van der Waals surface area contributed by atoms with Crippen LogP contribution in [0.15, 0.2) is 18.2 Å². The average molecular weight is 417 g/mol. The molecule has 154 valence electrons. The molecule has 1 saturated carbocycles. The normalized spacial score (nSPS) is 21.1. The number of piperazine rings is 1. The molecule has 3 rings (SSSR count). The van der Waals surface area contributed by atoms with Crippen LogP contribution in [0.1, 0.15) is 48.4 Å². The molecule has 1 aliphatic carbocycles. The number of halogens is 7. The van der Waals surface area contributed by atoms with Crippen LogP contribution in [-0.4, -0.2) is 31.1 Å². The van der Waals surface area contributed by atoms with E-state index in [1.54, 1.807) is 0 Å². The lowest BCUT2D eigenvalue weighted by molar-refractivity contribution is -0.143. The van der Waals surface area contributed by atoms with Crippen LogP contribution in [0.25, 0.3) is 0 Å². The molecule has 0 radical (unpaired) electrons. The van der Waals surface area contributed by atoms with Crippen molar-refractivity contribution in [2.75, 3.05) is 26.2 Å². The fourth-order valence-electron chi connectivity index (χ4n) is 4.16. The Kier molecular flexibility index (Phi) is 7.08. The van der Waals surface area contributed by atoms with Crippen molar-refractivity contribution in [2.24, 2.45) is 5.92 Å². The Hall–Kier alpha value is -0.990. The van der Waals surface area contributed by atoms with Gasteiger partial charge >= 0.3 is 12.4 Å². The Morgan fingerprint density at radius 1 is 0.852 bits per heavy atom. The van der Waals surface area contributed by atoms with Gasteiger partial charge in [-0.3, -0.25) is 4.90 Å². The summed E-state index contributed by atoms with van der Waals surface area (Å²) in [5, 5.41) is 3.18. The summed E-state index contributed by atoms with van der Waals surface area (Å²) in [6.45, 7) is 2.63. The van der Waals surface area contributed by atoms with Crippen molar-refractivity contribution >= 4 is 12.4 Å². The van der Waals surface area contributed by atoms with Crippen LogP contribution in [0.3, 0.4) is 0 Å². The molecule has 1 aliphatic heterocycles. The lowest BCUT2D eigenvalue weighted by atomic mass is 9.87. The summed E-state index contributed by atoms with van der Waals surface area (Å²) in [6, 6.07) is 1.65. The zero-order chi connectivity index (χ0) is 18.9. The first-order chi connectivity index (χ1) is 12.2. The maximum Gasteiger partial charge on any atom is 0.416 e. The van der Waals surface area contributed by atoms with E-state index in [-0.39, 0.29) is 30.0 Å². The third-order valence-corrected chi connectivity index (χ3v) is 5.34. The van der Waals surface area contributed by atoms with Gasteiger partial charge in [-0.2, -0.15) is 26.3 Å². The van der Waals surface area contributed by atoms with Crippen LogP contribution in [0.2, 0.25) is 0 Å². The van der Waals surface area contributed by atoms with Gasteiger partial charge in [0.2, 0.25) is 0 Å². The lowest BCUT2D eigenvalue weighted by Crippen LogP contribution is -2.46. The van der Waals surface area contributed by atoms with E-state index in [2.05, 4.69) is 5.32 Å². The van der Waals surface area contributed by atoms with Crippen molar-refractivity contribution in [1.82, 2.24) is 10.2 Å². The minimum atomic E-state index is -4.81. The van der Waals surface area contributed by atoms with Gasteiger partial charge in [0.15, 0.2) is 0 Å². The zero-order valence-corrected chi connectivity index (χ0v) is 15.5. The van der Waals surface area contributed by atoms with Crippen LogP contribution in [0.4, 0.5) is 26.3 Å². The summed E-state index contributed by atoms with van der Waals surface area (Å²) in [4.78, 5) is 2.04. The second-order valence-corrected chi connectivity index (χ2v) is 7.11. The summed E-state index contributed by atoms with van der Waals surface area (Å²) in [5.74, 6) is 0.0951. The number of rotatable bonds is 3. The largest absolute Gasteiger partial charge is 0.416 e. The smallest absolute Gasteiger partial charge is 0.314 e. The van der Waals surface area contributed by atoms with Crippen molar-refractivity contribution in [1.29, 1.82) is 0 Å². The fourth-order valence-corrected chi connectivity index (χ4v) is 4.16. The van der Waals surface area contributed by atoms with Crippen molar-refractivity contribution in [2.45, 2.75) is 44.1 Å². The third kappa shape index (κ3) is 5.29. The summed E-state index contributed by atoms with van der Waals surface area (Å²) in [6.07, 6.45) is -5.99. The first-order valence-electron chi connectivity index (χ1n) is 8.90. The Bertz CT molecular complexity index is 587. The highest BCUT2D eigenvalue weighted by atomic mass is 35.5. The van der Waals surface area contributed by atoms with E-state index in [1.807, 2.05) is 4.90 Å². The first kappa shape index (κ1) is 22.3. The third-order valence-electron chi connectivity index (χ3n) is 5.34. The van der Waals surface area contributed by atoms with Gasteiger partial charge in [-0.25, -0.2) is 0 Å². The maximum absolute atomic E-state index is 13.2. The van der Waals surface area contributed by atoms with Gasteiger partial charge < -0.3 is 5.32 Å². The Morgan fingerprint density at radius 3 is 1.78 bits per heavy atom. The van der Waals surface area contributed by atoms with Crippen LogP contribution in [0, 0.1) is 5.92 Å². The SMILES string of the molecule is Cl.FC(F)(F)c1cc([C@@H](C2CCCC2)N2CCNCC2)cc(C(F)(F)F)c1. The summed E-state index contributed by atoms with van der Waals surface area (Å²) in [7, 11) is 0. The molecule has 0 amide bonds. The molecule has 2 aliphatic rings. The second kappa shape index (κ2) is 8.57. The van der Waals surface area contributed by atoms with E-state index in [9.17, 15) is 26.3 Å². The molecule has 1 heterocycles. The van der Waals surface area contributed by atoms with Gasteiger partial charge in [-0.1, -0.05) is 12.8 Å². The van der Waals surface area contributed by atoms with Crippen LogP contribution >= 0.6 is 12.4 Å². The van der Waals surface area contributed by atoms with Crippen LogP contribution in [0.5, 0.6) is 0 Å². The molecule has 9 heteroatoms. The molecule has 2 fully saturated rings. The minimum absolute atomic E-state index is 0. The van der Waals surface area contributed by atoms with Gasteiger partial charge in [-0.15, -0.1) is 12.4 Å². The van der Waals surface area contributed by atoms with E-state index >= 15 is 0 Å². The number of benzene rings is 1. The van der Waals surface area contributed by atoms with Gasteiger partial charge in [0.1, 0.15) is 0 Å². The predicted molar refractivity (Wildman–Crippen MR) is 92.8 cm³/mol. The molecule has 0 spiro atoms. The molecule has 0 bridgehead atoms. The molecular formula is C18H23ClF6N2. The number of alkyl halides is 6. The van der Waals surface area contributed by atoms with Gasteiger partial charge in [0, 0.05) is 32.2 Å². The number of nitrogens with one attached hydrogen (secondary N) is 1. The minimum Gasteiger partial charge on any atom is -0.314 e. The standard InChI is InChI=1S/C18H22F6N2.ClH/c19-17(20,21)14-9-13(10-15(11-14)18(22,23)24)16(12-3-1-2-4-12)26-7-5-25-6-8-26;/h9-12,16,25H,1-8H2;1H/t16-;/m1./s1. The fraction of sp³-hybridized carbons (Fsp3) is 0.667. The molecule has 1 aromatic rings. The topological polar surface area (TPSA) is 15.3 Å². The number of hydrogen-bond donors (Lipinski definition) is 1. The van der Waals surface area contributed by atoms with E-state index in [0.29, 0.717) is 26.2 Å². The molecule has 1 N–H and O–H groups in total. The number of hydrogen-bond acceptors (Lipinski definition) is 2. The van der Waals surface area contributed by atoms with Crippen molar-refractivity contribution in [3.63, 3.8) is 0 Å².